The van der Waals surface area contributed by atoms with Gasteiger partial charge in [-0.05, 0) is 30.5 Å². The van der Waals surface area contributed by atoms with Gasteiger partial charge >= 0.3 is 0 Å². The van der Waals surface area contributed by atoms with E-state index in [1.807, 2.05) is 15.9 Å². The first kappa shape index (κ1) is 18.5. The Labute approximate surface area is 158 Å². The molecule has 0 aliphatic carbocycles. The zero-order chi connectivity index (χ0) is 17.8. The molecule has 0 spiro atoms. The van der Waals surface area contributed by atoms with Gasteiger partial charge in [0.1, 0.15) is 0 Å². The molecule has 2 aliphatic heterocycles. The van der Waals surface area contributed by atoms with Gasteiger partial charge in [-0.2, -0.15) is 0 Å². The van der Waals surface area contributed by atoms with Crippen LogP contribution in [0.1, 0.15) is 18.4 Å². The minimum Gasteiger partial charge on any atom is -0.342 e. The first-order chi connectivity index (χ1) is 12.0. The van der Waals surface area contributed by atoms with Crippen LogP contribution in [-0.2, 0) is 16.0 Å². The van der Waals surface area contributed by atoms with E-state index in [4.69, 9.17) is 23.2 Å². The highest BCUT2D eigenvalue weighted by atomic mass is 35.5. The third-order valence-corrected chi connectivity index (χ3v) is 5.62. The second-order valence-corrected chi connectivity index (χ2v) is 7.48. The van der Waals surface area contributed by atoms with Gasteiger partial charge in [-0.25, -0.2) is 0 Å². The largest absolute Gasteiger partial charge is 0.342 e. The van der Waals surface area contributed by atoms with Crippen LogP contribution in [0.25, 0.3) is 0 Å². The summed E-state index contributed by atoms with van der Waals surface area (Å²) >= 11 is 11.9. The van der Waals surface area contributed by atoms with Gasteiger partial charge in [-0.1, -0.05) is 29.3 Å². The molecule has 3 rings (SSSR count). The summed E-state index contributed by atoms with van der Waals surface area (Å²) in [5.74, 6) is 0.303. The van der Waals surface area contributed by atoms with Crippen LogP contribution < -0.4 is 0 Å². The molecule has 136 valence electrons. The third kappa shape index (κ3) is 4.87. The second kappa shape index (κ2) is 8.39. The molecule has 0 bridgehead atoms. The molecule has 7 heteroatoms. The zero-order valence-electron chi connectivity index (χ0n) is 14.2. The summed E-state index contributed by atoms with van der Waals surface area (Å²) in [6, 6.07) is 5.29. The van der Waals surface area contributed by atoms with Crippen LogP contribution in [0.4, 0.5) is 0 Å². The second-order valence-electron chi connectivity index (χ2n) is 6.67. The van der Waals surface area contributed by atoms with Crippen molar-refractivity contribution in [3.05, 3.63) is 33.8 Å². The summed E-state index contributed by atoms with van der Waals surface area (Å²) in [6.45, 7) is 5.05. The van der Waals surface area contributed by atoms with Crippen molar-refractivity contribution in [1.82, 2.24) is 14.7 Å². The molecule has 0 N–H and O–H groups in total. The summed E-state index contributed by atoms with van der Waals surface area (Å²) in [4.78, 5) is 30.6. The molecule has 5 nitrogen and oxygen atoms in total. The summed E-state index contributed by atoms with van der Waals surface area (Å²) in [7, 11) is 0. The Morgan fingerprint density at radius 1 is 0.840 bits per heavy atom. The Kier molecular flexibility index (Phi) is 6.20. The lowest BCUT2D eigenvalue weighted by Crippen LogP contribution is -2.51. The average molecular weight is 384 g/mol. The van der Waals surface area contributed by atoms with Gasteiger partial charge in [0.05, 0.1) is 23.0 Å². The highest BCUT2D eigenvalue weighted by molar-refractivity contribution is 6.42. The highest BCUT2D eigenvalue weighted by Gasteiger charge is 2.25. The predicted octanol–water partition coefficient (Wildman–Crippen LogP) is 2.30. The Hall–Kier alpha value is -1.30. The van der Waals surface area contributed by atoms with E-state index in [9.17, 15) is 9.59 Å². The Morgan fingerprint density at radius 2 is 1.48 bits per heavy atom. The van der Waals surface area contributed by atoms with Crippen molar-refractivity contribution in [1.29, 1.82) is 0 Å². The molecule has 0 aromatic heterocycles. The number of piperazine rings is 1. The molecular weight excluding hydrogens is 361 g/mol. The monoisotopic (exact) mass is 383 g/mol. The average Bonchev–Trinajstić information content (AvgIpc) is 3.13. The van der Waals surface area contributed by atoms with E-state index >= 15 is 0 Å². The zero-order valence-corrected chi connectivity index (χ0v) is 15.7. The van der Waals surface area contributed by atoms with Crippen molar-refractivity contribution in [3.8, 4) is 0 Å². The Bertz CT molecular complexity index is 639. The number of rotatable bonds is 4. The fraction of sp³-hybridized carbons (Fsp3) is 0.556. The molecule has 0 unspecified atom stereocenters. The van der Waals surface area contributed by atoms with Crippen LogP contribution in [0.15, 0.2) is 18.2 Å². The van der Waals surface area contributed by atoms with Gasteiger partial charge in [0.2, 0.25) is 11.8 Å². The van der Waals surface area contributed by atoms with Crippen LogP contribution in [-0.4, -0.2) is 72.3 Å². The number of hydrogen-bond donors (Lipinski definition) is 0. The number of benzene rings is 1. The maximum atomic E-state index is 12.5. The fourth-order valence-corrected chi connectivity index (χ4v) is 3.67. The lowest BCUT2D eigenvalue weighted by molar-refractivity contribution is -0.134. The van der Waals surface area contributed by atoms with Gasteiger partial charge < -0.3 is 9.80 Å². The molecule has 0 radical (unpaired) electrons. The van der Waals surface area contributed by atoms with Gasteiger partial charge in [-0.3, -0.25) is 14.5 Å². The maximum absolute atomic E-state index is 12.5. The maximum Gasteiger partial charge on any atom is 0.236 e. The Balaban J connectivity index is 1.45. The number of amides is 2. The number of nitrogens with zero attached hydrogens (tertiary/aromatic N) is 3. The number of hydrogen-bond acceptors (Lipinski definition) is 3. The first-order valence-electron chi connectivity index (χ1n) is 8.75. The molecule has 2 heterocycles. The Morgan fingerprint density at radius 3 is 2.12 bits per heavy atom. The lowest BCUT2D eigenvalue weighted by Gasteiger charge is -2.35. The van der Waals surface area contributed by atoms with Crippen molar-refractivity contribution in [2.75, 3.05) is 45.8 Å². The fourth-order valence-electron chi connectivity index (χ4n) is 3.35. The number of carbonyl (C=O) groups is 2. The van der Waals surface area contributed by atoms with Gasteiger partial charge in [-0.15, -0.1) is 0 Å². The lowest BCUT2D eigenvalue weighted by atomic mass is 10.1. The van der Waals surface area contributed by atoms with Crippen molar-refractivity contribution in [2.45, 2.75) is 19.3 Å². The van der Waals surface area contributed by atoms with Crippen LogP contribution in [0.2, 0.25) is 10.0 Å². The van der Waals surface area contributed by atoms with Crippen LogP contribution in [0.3, 0.4) is 0 Å². The smallest absolute Gasteiger partial charge is 0.236 e. The van der Waals surface area contributed by atoms with Crippen molar-refractivity contribution < 1.29 is 9.59 Å². The molecule has 2 fully saturated rings. The summed E-state index contributed by atoms with van der Waals surface area (Å²) < 4.78 is 0. The van der Waals surface area contributed by atoms with E-state index in [2.05, 4.69) is 4.90 Å². The van der Waals surface area contributed by atoms with E-state index in [1.165, 1.54) is 0 Å². The molecule has 2 saturated heterocycles. The molecular formula is C18H23Cl2N3O2. The summed E-state index contributed by atoms with van der Waals surface area (Å²) in [6.07, 6.45) is 2.55. The van der Waals surface area contributed by atoms with Crippen molar-refractivity contribution >= 4 is 35.0 Å². The molecule has 1 aromatic rings. The highest BCUT2D eigenvalue weighted by Crippen LogP contribution is 2.23. The predicted molar refractivity (Wildman–Crippen MR) is 99.0 cm³/mol. The number of likely N-dealkylation sites (tertiary alicyclic amines) is 1. The quantitative estimate of drug-likeness (QED) is 0.800. The van der Waals surface area contributed by atoms with Crippen LogP contribution in [0, 0.1) is 0 Å². The van der Waals surface area contributed by atoms with Crippen LogP contribution >= 0.6 is 23.2 Å². The minimum atomic E-state index is 0.0870. The molecule has 0 saturated carbocycles. The summed E-state index contributed by atoms with van der Waals surface area (Å²) in [5, 5.41) is 0.964. The van der Waals surface area contributed by atoms with E-state index in [1.54, 1.807) is 12.1 Å². The first-order valence-corrected chi connectivity index (χ1v) is 9.50. The summed E-state index contributed by atoms with van der Waals surface area (Å²) in [5.41, 5.74) is 0.867. The topological polar surface area (TPSA) is 43.9 Å². The van der Waals surface area contributed by atoms with Crippen molar-refractivity contribution in [2.24, 2.45) is 0 Å². The molecule has 1 aromatic carbocycles. The van der Waals surface area contributed by atoms with Gasteiger partial charge in [0.25, 0.3) is 0 Å². The third-order valence-electron chi connectivity index (χ3n) is 4.88. The number of halogens is 2. The minimum absolute atomic E-state index is 0.0870. The molecule has 2 aliphatic rings. The van der Waals surface area contributed by atoms with Crippen molar-refractivity contribution in [3.63, 3.8) is 0 Å². The normalized spacial score (nSPS) is 18.6. The standard InChI is InChI=1S/C18H23Cl2N3O2/c19-15-4-3-14(11-16(15)20)12-17(24)23-9-7-21(8-10-23)13-18(25)22-5-1-2-6-22/h3-4,11H,1-2,5-10,12-13H2. The van der Waals surface area contributed by atoms with Crippen LogP contribution in [0.5, 0.6) is 0 Å². The van der Waals surface area contributed by atoms with Gasteiger partial charge in [0, 0.05) is 39.3 Å². The van der Waals surface area contributed by atoms with E-state index in [-0.39, 0.29) is 11.8 Å². The van der Waals surface area contributed by atoms with E-state index < -0.39 is 0 Å². The van der Waals surface area contributed by atoms with Gasteiger partial charge in [0.15, 0.2) is 0 Å². The SMILES string of the molecule is O=C(Cc1ccc(Cl)c(Cl)c1)N1CCN(CC(=O)N2CCCC2)CC1. The molecule has 0 atom stereocenters. The number of carbonyl (C=O) groups excluding carboxylic acids is 2. The molecule has 25 heavy (non-hydrogen) atoms. The van der Waals surface area contributed by atoms with E-state index in [0.29, 0.717) is 36.1 Å². The van der Waals surface area contributed by atoms with E-state index in [0.717, 1.165) is 44.6 Å². The molecule has 2 amide bonds.